The van der Waals surface area contributed by atoms with Crippen LogP contribution in [0, 0.1) is 11.6 Å². The van der Waals surface area contributed by atoms with Crippen LogP contribution in [0.15, 0.2) is 42.5 Å². The molecule has 2 aromatic carbocycles. The van der Waals surface area contributed by atoms with Gasteiger partial charge in [0.15, 0.2) is 11.6 Å². The van der Waals surface area contributed by atoms with Crippen molar-refractivity contribution in [2.75, 3.05) is 0 Å². The molecule has 2 rings (SSSR count). The van der Waals surface area contributed by atoms with Crippen LogP contribution in [0.3, 0.4) is 0 Å². The van der Waals surface area contributed by atoms with E-state index >= 15 is 0 Å². The largest absolute Gasteiger partial charge is 0.488 e. The highest BCUT2D eigenvalue weighted by molar-refractivity contribution is 5.35. The zero-order chi connectivity index (χ0) is 13.8. The minimum Gasteiger partial charge on any atom is -0.488 e. The average Bonchev–Trinajstić information content (AvgIpc) is 2.40. The van der Waals surface area contributed by atoms with Crippen LogP contribution < -0.4 is 4.74 Å². The van der Waals surface area contributed by atoms with E-state index in [-0.39, 0.29) is 12.2 Å². The third kappa shape index (κ3) is 3.09. The second-order valence-corrected chi connectivity index (χ2v) is 4.22. The molecule has 2 aromatic rings. The Hall–Kier alpha value is -1.94. The van der Waals surface area contributed by atoms with Gasteiger partial charge in [-0.2, -0.15) is 0 Å². The maximum atomic E-state index is 13.5. The van der Waals surface area contributed by atoms with Crippen molar-refractivity contribution in [1.82, 2.24) is 0 Å². The molecule has 0 unspecified atom stereocenters. The number of benzene rings is 2. The summed E-state index contributed by atoms with van der Waals surface area (Å²) in [5.41, 5.74) is 0.750. The van der Waals surface area contributed by atoms with Crippen LogP contribution in [-0.4, -0.2) is 5.11 Å². The van der Waals surface area contributed by atoms with Crippen molar-refractivity contribution in [3.05, 3.63) is 65.2 Å². The Morgan fingerprint density at radius 2 is 1.84 bits per heavy atom. The maximum absolute atomic E-state index is 13.5. The molecule has 100 valence electrons. The lowest BCUT2D eigenvalue weighted by molar-refractivity contribution is 0.189. The van der Waals surface area contributed by atoms with Crippen LogP contribution in [0.2, 0.25) is 0 Å². The normalized spacial score (nSPS) is 12.2. The minimum atomic E-state index is -0.906. The zero-order valence-electron chi connectivity index (χ0n) is 10.4. The van der Waals surface area contributed by atoms with Gasteiger partial charge >= 0.3 is 0 Å². The van der Waals surface area contributed by atoms with E-state index in [9.17, 15) is 13.9 Å². The Bertz CT molecular complexity index is 568. The first-order chi connectivity index (χ1) is 9.09. The summed E-state index contributed by atoms with van der Waals surface area (Å²) < 4.78 is 32.0. The van der Waals surface area contributed by atoms with E-state index in [0.29, 0.717) is 11.3 Å². The van der Waals surface area contributed by atoms with E-state index in [1.807, 2.05) is 0 Å². The summed E-state index contributed by atoms with van der Waals surface area (Å²) >= 11 is 0. The highest BCUT2D eigenvalue weighted by Crippen LogP contribution is 2.25. The Kier molecular flexibility index (Phi) is 4.12. The number of aliphatic hydroxyl groups is 1. The first-order valence-electron chi connectivity index (χ1n) is 5.92. The van der Waals surface area contributed by atoms with E-state index in [2.05, 4.69) is 0 Å². The third-order valence-corrected chi connectivity index (χ3v) is 2.78. The van der Waals surface area contributed by atoms with E-state index in [4.69, 9.17) is 4.74 Å². The summed E-state index contributed by atoms with van der Waals surface area (Å²) in [6.45, 7) is 1.53. The monoisotopic (exact) mass is 264 g/mol. The molecular weight excluding hydrogens is 250 g/mol. The molecule has 0 aliphatic carbocycles. The van der Waals surface area contributed by atoms with Crippen LogP contribution in [0.4, 0.5) is 8.78 Å². The SMILES string of the molecule is C[C@@H](O)c1ccccc1OCc1cccc(F)c1F. The summed E-state index contributed by atoms with van der Waals surface area (Å²) in [5, 5.41) is 9.59. The first kappa shape index (κ1) is 13.5. The molecule has 0 spiro atoms. The van der Waals surface area contributed by atoms with Crippen molar-refractivity contribution >= 4 is 0 Å². The highest BCUT2D eigenvalue weighted by atomic mass is 19.2. The van der Waals surface area contributed by atoms with Crippen LogP contribution >= 0.6 is 0 Å². The second-order valence-electron chi connectivity index (χ2n) is 4.22. The van der Waals surface area contributed by atoms with Gasteiger partial charge in [-0.25, -0.2) is 8.78 Å². The van der Waals surface area contributed by atoms with Gasteiger partial charge in [-0.1, -0.05) is 30.3 Å². The number of aliphatic hydroxyl groups excluding tert-OH is 1. The lowest BCUT2D eigenvalue weighted by Gasteiger charge is -2.13. The smallest absolute Gasteiger partial charge is 0.165 e. The number of para-hydroxylation sites is 1. The maximum Gasteiger partial charge on any atom is 0.165 e. The van der Waals surface area contributed by atoms with Crippen LogP contribution in [0.1, 0.15) is 24.2 Å². The summed E-state index contributed by atoms with van der Waals surface area (Å²) in [4.78, 5) is 0. The number of ether oxygens (including phenoxy) is 1. The molecule has 1 atom stereocenters. The van der Waals surface area contributed by atoms with Crippen LogP contribution in [0.25, 0.3) is 0 Å². The second kappa shape index (κ2) is 5.80. The van der Waals surface area contributed by atoms with E-state index in [1.165, 1.54) is 12.1 Å². The highest BCUT2D eigenvalue weighted by Gasteiger charge is 2.11. The Labute approximate surface area is 110 Å². The standard InChI is InChI=1S/C15H14F2O2/c1-10(18)12-6-2-3-8-14(12)19-9-11-5-4-7-13(16)15(11)17/h2-8,10,18H,9H2,1H3/t10-/m1/s1. The molecule has 1 N–H and O–H groups in total. The number of hydrogen-bond donors (Lipinski definition) is 1. The third-order valence-electron chi connectivity index (χ3n) is 2.78. The van der Waals surface area contributed by atoms with Crippen molar-refractivity contribution < 1.29 is 18.6 Å². The van der Waals surface area contributed by atoms with E-state index in [0.717, 1.165) is 6.07 Å². The molecule has 0 amide bonds. The number of halogens is 2. The summed E-state index contributed by atoms with van der Waals surface area (Å²) in [7, 11) is 0. The summed E-state index contributed by atoms with van der Waals surface area (Å²) in [5.74, 6) is -1.34. The predicted molar refractivity (Wildman–Crippen MR) is 67.8 cm³/mol. The van der Waals surface area contributed by atoms with Gasteiger partial charge in [0.2, 0.25) is 0 Å². The van der Waals surface area contributed by atoms with Crippen molar-refractivity contribution in [3.63, 3.8) is 0 Å². The fraction of sp³-hybridized carbons (Fsp3) is 0.200. The molecule has 0 saturated carbocycles. The van der Waals surface area contributed by atoms with E-state index < -0.39 is 17.7 Å². The molecule has 0 aliphatic rings. The summed E-state index contributed by atoms with van der Waals surface area (Å²) in [6.07, 6.45) is -0.687. The number of rotatable bonds is 4. The molecule has 0 saturated heterocycles. The van der Waals surface area contributed by atoms with Crippen LogP contribution in [-0.2, 0) is 6.61 Å². The molecule has 0 heterocycles. The van der Waals surface area contributed by atoms with Gasteiger partial charge < -0.3 is 9.84 Å². The Morgan fingerprint density at radius 3 is 2.58 bits per heavy atom. The summed E-state index contributed by atoms with van der Waals surface area (Å²) in [6, 6.07) is 10.9. The molecule has 0 aromatic heterocycles. The molecule has 4 heteroatoms. The van der Waals surface area contributed by atoms with Gasteiger partial charge in [0.1, 0.15) is 12.4 Å². The molecule has 0 aliphatic heterocycles. The first-order valence-corrected chi connectivity index (χ1v) is 5.92. The molecule has 2 nitrogen and oxygen atoms in total. The fourth-order valence-electron chi connectivity index (χ4n) is 1.77. The van der Waals surface area contributed by atoms with Gasteiger partial charge in [-0.3, -0.25) is 0 Å². The Morgan fingerprint density at radius 1 is 1.11 bits per heavy atom. The molecule has 0 radical (unpaired) electrons. The number of hydrogen-bond acceptors (Lipinski definition) is 2. The van der Waals surface area contributed by atoms with Crippen molar-refractivity contribution in [1.29, 1.82) is 0 Å². The lowest BCUT2D eigenvalue weighted by atomic mass is 10.1. The van der Waals surface area contributed by atoms with Gasteiger partial charge in [-0.05, 0) is 19.1 Å². The van der Waals surface area contributed by atoms with Crippen molar-refractivity contribution in [2.24, 2.45) is 0 Å². The lowest BCUT2D eigenvalue weighted by Crippen LogP contribution is -2.03. The average molecular weight is 264 g/mol. The molecule has 0 fully saturated rings. The molecule has 19 heavy (non-hydrogen) atoms. The predicted octanol–water partition coefficient (Wildman–Crippen LogP) is 3.60. The molecule has 0 bridgehead atoms. The van der Waals surface area contributed by atoms with Gasteiger partial charge in [0.05, 0.1) is 6.10 Å². The van der Waals surface area contributed by atoms with Gasteiger partial charge in [-0.15, -0.1) is 0 Å². The quantitative estimate of drug-likeness (QED) is 0.914. The van der Waals surface area contributed by atoms with Crippen molar-refractivity contribution in [2.45, 2.75) is 19.6 Å². The Balaban J connectivity index is 2.17. The van der Waals surface area contributed by atoms with Gasteiger partial charge in [0.25, 0.3) is 0 Å². The zero-order valence-corrected chi connectivity index (χ0v) is 10.4. The molecular formula is C15H14F2O2. The van der Waals surface area contributed by atoms with E-state index in [1.54, 1.807) is 31.2 Å². The fourth-order valence-corrected chi connectivity index (χ4v) is 1.77. The van der Waals surface area contributed by atoms with Crippen LogP contribution in [0.5, 0.6) is 5.75 Å². The topological polar surface area (TPSA) is 29.5 Å². The minimum absolute atomic E-state index is 0.0900. The van der Waals surface area contributed by atoms with Crippen molar-refractivity contribution in [3.8, 4) is 5.75 Å². The van der Waals surface area contributed by atoms with Gasteiger partial charge in [0, 0.05) is 11.1 Å².